The average molecular weight is 269 g/mol. The highest BCUT2D eigenvalue weighted by atomic mass is 16.3. The van der Waals surface area contributed by atoms with Crippen LogP contribution in [0, 0.1) is 0 Å². The van der Waals surface area contributed by atoms with Crippen molar-refractivity contribution >= 4 is 0 Å². The molecule has 3 atom stereocenters. The van der Waals surface area contributed by atoms with Gasteiger partial charge in [0.05, 0.1) is 0 Å². The minimum atomic E-state index is 0.0146. The monoisotopic (exact) mass is 269 g/mol. The first-order chi connectivity index (χ1) is 9.65. The van der Waals surface area contributed by atoms with Crippen molar-refractivity contribution in [1.82, 2.24) is 5.32 Å². The largest absolute Gasteiger partial charge is 0.508 e. The van der Waals surface area contributed by atoms with Gasteiger partial charge in [0.1, 0.15) is 11.5 Å². The van der Waals surface area contributed by atoms with Crippen LogP contribution in [0.25, 0.3) is 0 Å². The van der Waals surface area contributed by atoms with Crippen LogP contribution in [0.1, 0.15) is 36.4 Å². The average Bonchev–Trinajstić information content (AvgIpc) is 3.21. The van der Waals surface area contributed by atoms with Crippen molar-refractivity contribution in [2.75, 3.05) is 0 Å². The van der Waals surface area contributed by atoms with E-state index in [9.17, 15) is 10.2 Å². The van der Waals surface area contributed by atoms with E-state index in [1.54, 1.807) is 6.07 Å². The maximum absolute atomic E-state index is 9.87. The number of benzene rings is 2. The number of phenolic OH excluding ortho intramolecular Hbond substituents is 2. The second-order valence-electron chi connectivity index (χ2n) is 5.49. The summed E-state index contributed by atoms with van der Waals surface area (Å²) in [6, 6.07) is 15.6. The Morgan fingerprint density at radius 2 is 1.85 bits per heavy atom. The Morgan fingerprint density at radius 3 is 2.60 bits per heavy atom. The molecule has 0 bridgehead atoms. The molecule has 0 aliphatic heterocycles. The van der Waals surface area contributed by atoms with Crippen LogP contribution in [0.4, 0.5) is 0 Å². The molecule has 0 amide bonds. The summed E-state index contributed by atoms with van der Waals surface area (Å²) < 4.78 is 0. The van der Waals surface area contributed by atoms with Crippen LogP contribution in [-0.2, 0) is 0 Å². The molecule has 2 aromatic rings. The molecule has 3 heteroatoms. The third-order valence-corrected chi connectivity index (χ3v) is 3.96. The molecule has 0 radical (unpaired) electrons. The molecule has 2 aromatic carbocycles. The van der Waals surface area contributed by atoms with Crippen molar-refractivity contribution in [1.29, 1.82) is 0 Å². The van der Waals surface area contributed by atoms with Gasteiger partial charge in [-0.25, -0.2) is 0 Å². The fraction of sp³-hybridized carbons (Fsp3) is 0.294. The summed E-state index contributed by atoms with van der Waals surface area (Å²) >= 11 is 0. The predicted molar refractivity (Wildman–Crippen MR) is 78.9 cm³/mol. The van der Waals surface area contributed by atoms with E-state index in [1.807, 2.05) is 13.0 Å². The van der Waals surface area contributed by atoms with Gasteiger partial charge in [0, 0.05) is 23.6 Å². The van der Waals surface area contributed by atoms with Crippen molar-refractivity contribution in [2.24, 2.45) is 0 Å². The molecule has 3 nitrogen and oxygen atoms in total. The Bertz CT molecular complexity index is 597. The molecular formula is C17H19NO2. The molecule has 1 aliphatic rings. The summed E-state index contributed by atoms with van der Waals surface area (Å²) in [6.45, 7) is 2.01. The van der Waals surface area contributed by atoms with E-state index >= 15 is 0 Å². The normalized spacial score (nSPS) is 22.4. The Hall–Kier alpha value is -2.00. The van der Waals surface area contributed by atoms with Gasteiger partial charge in [-0.05, 0) is 37.1 Å². The zero-order valence-corrected chi connectivity index (χ0v) is 11.5. The van der Waals surface area contributed by atoms with Crippen molar-refractivity contribution in [2.45, 2.75) is 31.3 Å². The van der Waals surface area contributed by atoms with E-state index in [-0.39, 0.29) is 17.5 Å². The van der Waals surface area contributed by atoms with E-state index in [1.165, 1.54) is 17.7 Å². The maximum atomic E-state index is 9.87. The second kappa shape index (κ2) is 5.17. The molecule has 3 rings (SSSR count). The van der Waals surface area contributed by atoms with Crippen LogP contribution in [0.3, 0.4) is 0 Å². The Morgan fingerprint density at radius 1 is 1.10 bits per heavy atom. The zero-order chi connectivity index (χ0) is 14.1. The first-order valence-electron chi connectivity index (χ1n) is 6.98. The minimum absolute atomic E-state index is 0.0146. The van der Waals surface area contributed by atoms with E-state index < -0.39 is 0 Å². The van der Waals surface area contributed by atoms with Crippen molar-refractivity contribution in [3.8, 4) is 11.5 Å². The first kappa shape index (κ1) is 13.0. The quantitative estimate of drug-likeness (QED) is 0.746. The lowest BCUT2D eigenvalue weighted by Gasteiger charge is -2.16. The third-order valence-electron chi connectivity index (χ3n) is 3.96. The number of rotatable bonds is 4. The van der Waals surface area contributed by atoms with Crippen LogP contribution >= 0.6 is 0 Å². The fourth-order valence-corrected chi connectivity index (χ4v) is 2.75. The number of phenols is 2. The number of hydrogen-bond acceptors (Lipinski definition) is 3. The summed E-state index contributed by atoms with van der Waals surface area (Å²) in [7, 11) is 0. The Balaban J connectivity index is 1.66. The molecule has 0 spiro atoms. The van der Waals surface area contributed by atoms with Crippen LogP contribution in [0.2, 0.25) is 0 Å². The van der Waals surface area contributed by atoms with Gasteiger partial charge in [0.2, 0.25) is 0 Å². The molecule has 104 valence electrons. The standard InChI is InChI=1S/C17H19NO2/c1-11(14-9-13(19)7-8-17(14)20)18-16-10-15(16)12-5-3-2-4-6-12/h2-9,11,15-16,18-20H,10H2,1H3. The van der Waals surface area contributed by atoms with Crippen LogP contribution < -0.4 is 5.32 Å². The first-order valence-corrected chi connectivity index (χ1v) is 6.98. The molecule has 1 aliphatic carbocycles. The minimum Gasteiger partial charge on any atom is -0.508 e. The molecule has 1 saturated carbocycles. The third kappa shape index (κ3) is 2.63. The summed E-state index contributed by atoms with van der Waals surface area (Å²) in [5, 5.41) is 22.9. The van der Waals surface area contributed by atoms with Crippen molar-refractivity contribution in [3.63, 3.8) is 0 Å². The van der Waals surface area contributed by atoms with Gasteiger partial charge in [-0.3, -0.25) is 0 Å². The molecule has 20 heavy (non-hydrogen) atoms. The summed E-state index contributed by atoms with van der Waals surface area (Å²) in [4.78, 5) is 0. The maximum Gasteiger partial charge on any atom is 0.120 e. The highest BCUT2D eigenvalue weighted by Crippen LogP contribution is 2.42. The molecule has 0 aromatic heterocycles. The predicted octanol–water partition coefficient (Wildman–Crippen LogP) is 3.30. The summed E-state index contributed by atoms with van der Waals surface area (Å²) in [5.41, 5.74) is 2.10. The smallest absolute Gasteiger partial charge is 0.120 e. The lowest BCUT2D eigenvalue weighted by molar-refractivity contribution is 0.440. The Kier molecular flexibility index (Phi) is 3.36. The molecule has 3 unspecified atom stereocenters. The SMILES string of the molecule is CC(NC1CC1c1ccccc1)c1cc(O)ccc1O. The topological polar surface area (TPSA) is 52.5 Å². The highest BCUT2D eigenvalue weighted by molar-refractivity contribution is 5.40. The van der Waals surface area contributed by atoms with E-state index in [2.05, 4.69) is 29.6 Å². The van der Waals surface area contributed by atoms with Gasteiger partial charge in [0.15, 0.2) is 0 Å². The molecule has 3 N–H and O–H groups in total. The van der Waals surface area contributed by atoms with Gasteiger partial charge < -0.3 is 15.5 Å². The van der Waals surface area contributed by atoms with E-state index in [4.69, 9.17) is 0 Å². The van der Waals surface area contributed by atoms with Gasteiger partial charge >= 0.3 is 0 Å². The molecule has 0 saturated heterocycles. The number of nitrogens with one attached hydrogen (secondary N) is 1. The van der Waals surface area contributed by atoms with Gasteiger partial charge in [-0.2, -0.15) is 0 Å². The van der Waals surface area contributed by atoms with Gasteiger partial charge in [-0.15, -0.1) is 0 Å². The zero-order valence-electron chi connectivity index (χ0n) is 11.5. The van der Waals surface area contributed by atoms with Gasteiger partial charge in [-0.1, -0.05) is 30.3 Å². The van der Waals surface area contributed by atoms with Crippen molar-refractivity contribution < 1.29 is 10.2 Å². The van der Waals surface area contributed by atoms with Crippen molar-refractivity contribution in [3.05, 3.63) is 59.7 Å². The lowest BCUT2D eigenvalue weighted by atomic mass is 10.1. The molecular weight excluding hydrogens is 250 g/mol. The lowest BCUT2D eigenvalue weighted by Crippen LogP contribution is -2.22. The number of aromatic hydroxyl groups is 2. The van der Waals surface area contributed by atoms with Crippen LogP contribution in [-0.4, -0.2) is 16.3 Å². The van der Waals surface area contributed by atoms with E-state index in [0.29, 0.717) is 12.0 Å². The summed E-state index contributed by atoms with van der Waals surface area (Å²) in [6.07, 6.45) is 1.12. The Labute approximate surface area is 118 Å². The van der Waals surface area contributed by atoms with Crippen LogP contribution in [0.15, 0.2) is 48.5 Å². The second-order valence-corrected chi connectivity index (χ2v) is 5.49. The molecule has 0 heterocycles. The number of hydrogen-bond donors (Lipinski definition) is 3. The summed E-state index contributed by atoms with van der Waals surface area (Å²) in [5.74, 6) is 0.958. The van der Waals surface area contributed by atoms with E-state index in [0.717, 1.165) is 12.0 Å². The highest BCUT2D eigenvalue weighted by Gasteiger charge is 2.39. The van der Waals surface area contributed by atoms with Gasteiger partial charge in [0.25, 0.3) is 0 Å². The van der Waals surface area contributed by atoms with Crippen LogP contribution in [0.5, 0.6) is 11.5 Å². The fourth-order valence-electron chi connectivity index (χ4n) is 2.75. The molecule has 1 fully saturated rings.